The van der Waals surface area contributed by atoms with Crippen LogP contribution in [0.5, 0.6) is 11.5 Å². The molecular weight excluding hydrogens is 365 g/mol. The maximum Gasteiger partial charge on any atom is 0.256 e. The fraction of sp³-hybridized carbons (Fsp3) is 0.316. The predicted molar refractivity (Wildman–Crippen MR) is 98.4 cm³/mol. The van der Waals surface area contributed by atoms with Crippen molar-refractivity contribution in [3.05, 3.63) is 47.5 Å². The van der Waals surface area contributed by atoms with E-state index in [0.717, 1.165) is 5.56 Å². The van der Waals surface area contributed by atoms with Gasteiger partial charge in [-0.2, -0.15) is 5.10 Å². The topological polar surface area (TPSA) is 81.0 Å². The Labute approximate surface area is 159 Å². The molecule has 2 aromatic heterocycles. The number of fused-ring (bicyclic) bond motifs is 1. The van der Waals surface area contributed by atoms with Crippen LogP contribution in [0.4, 0.5) is 10.2 Å². The van der Waals surface area contributed by atoms with Gasteiger partial charge >= 0.3 is 0 Å². The number of carbonyl (C=O) groups excluding carboxylic acids is 1. The Morgan fingerprint density at radius 3 is 3.11 bits per heavy atom. The summed E-state index contributed by atoms with van der Waals surface area (Å²) in [7, 11) is 0. The average Bonchev–Trinajstić information content (AvgIpc) is 3.07. The maximum atomic E-state index is 13.8. The zero-order chi connectivity index (χ0) is 19.3. The first-order valence-corrected chi connectivity index (χ1v) is 9.08. The van der Waals surface area contributed by atoms with Gasteiger partial charge in [-0.15, -0.1) is 0 Å². The summed E-state index contributed by atoms with van der Waals surface area (Å²) in [5.74, 6) is 1.00. The quantitative estimate of drug-likeness (QED) is 0.637. The number of halogens is 1. The number of carbonyl (C=O) groups is 1. The zero-order valence-electron chi connectivity index (χ0n) is 15.2. The van der Waals surface area contributed by atoms with Crippen LogP contribution in [0, 0.1) is 5.82 Å². The fourth-order valence-corrected chi connectivity index (χ4v) is 3.57. The number of benzene rings is 1. The van der Waals surface area contributed by atoms with Crippen molar-refractivity contribution in [3.63, 3.8) is 0 Å². The molecule has 0 fully saturated rings. The van der Waals surface area contributed by atoms with E-state index in [1.807, 2.05) is 6.92 Å². The Morgan fingerprint density at radius 2 is 2.21 bits per heavy atom. The number of hydrogen-bond donors (Lipinski definition) is 1. The Morgan fingerprint density at radius 1 is 1.32 bits per heavy atom. The van der Waals surface area contributed by atoms with Gasteiger partial charge in [-0.25, -0.2) is 13.9 Å². The second-order valence-corrected chi connectivity index (χ2v) is 6.92. The van der Waals surface area contributed by atoms with Gasteiger partial charge in [0, 0.05) is 18.2 Å². The smallest absolute Gasteiger partial charge is 0.256 e. The molecule has 144 valence electrons. The van der Waals surface area contributed by atoms with Crippen LogP contribution >= 0.6 is 0 Å². The van der Waals surface area contributed by atoms with E-state index >= 15 is 0 Å². The van der Waals surface area contributed by atoms with Crippen molar-refractivity contribution in [1.82, 2.24) is 19.9 Å². The van der Waals surface area contributed by atoms with Crippen LogP contribution in [0.3, 0.4) is 0 Å². The Bertz CT molecular complexity index is 1080. The largest absolute Gasteiger partial charge is 0.491 e. The molecule has 0 aliphatic carbocycles. The second kappa shape index (κ2) is 6.36. The lowest BCUT2D eigenvalue weighted by Crippen LogP contribution is -2.39. The molecule has 0 unspecified atom stereocenters. The molecule has 2 aliphatic heterocycles. The van der Waals surface area contributed by atoms with Gasteiger partial charge in [-0.3, -0.25) is 4.79 Å². The van der Waals surface area contributed by atoms with Crippen molar-refractivity contribution in [1.29, 1.82) is 0 Å². The lowest BCUT2D eigenvalue weighted by molar-refractivity contribution is 0.0948. The highest BCUT2D eigenvalue weighted by atomic mass is 19.1. The molecule has 1 aromatic carbocycles. The second-order valence-electron chi connectivity index (χ2n) is 6.92. The molecule has 5 rings (SSSR count). The predicted octanol–water partition coefficient (Wildman–Crippen LogP) is 1.78. The highest BCUT2D eigenvalue weighted by Gasteiger charge is 2.28. The summed E-state index contributed by atoms with van der Waals surface area (Å²) in [5.41, 5.74) is 1.67. The molecule has 3 aromatic rings. The van der Waals surface area contributed by atoms with Crippen molar-refractivity contribution >= 4 is 17.4 Å². The van der Waals surface area contributed by atoms with Crippen molar-refractivity contribution in [2.45, 2.75) is 19.6 Å². The molecule has 1 amide bonds. The molecule has 4 heterocycles. The van der Waals surface area contributed by atoms with E-state index < -0.39 is 0 Å². The summed E-state index contributed by atoms with van der Waals surface area (Å²) in [4.78, 5) is 19.3. The fourth-order valence-electron chi connectivity index (χ4n) is 3.57. The van der Waals surface area contributed by atoms with Crippen molar-refractivity contribution < 1.29 is 18.7 Å². The van der Waals surface area contributed by atoms with E-state index in [0.29, 0.717) is 41.6 Å². The molecular formula is C19H18FN5O3. The van der Waals surface area contributed by atoms with E-state index in [-0.39, 0.29) is 31.0 Å². The summed E-state index contributed by atoms with van der Waals surface area (Å²) in [5, 5.41) is 7.02. The van der Waals surface area contributed by atoms with Gasteiger partial charge in [0.1, 0.15) is 29.8 Å². The lowest BCUT2D eigenvalue weighted by Gasteiger charge is -2.34. The maximum absolute atomic E-state index is 13.8. The third-order valence-corrected chi connectivity index (χ3v) is 4.83. The van der Waals surface area contributed by atoms with Crippen LogP contribution in [0.25, 0.3) is 5.65 Å². The highest BCUT2D eigenvalue weighted by Crippen LogP contribution is 2.34. The minimum atomic E-state index is -0.370. The minimum Gasteiger partial charge on any atom is -0.491 e. The average molecular weight is 383 g/mol. The third-order valence-electron chi connectivity index (χ3n) is 4.83. The molecule has 0 saturated heterocycles. The number of anilines is 1. The van der Waals surface area contributed by atoms with E-state index in [2.05, 4.69) is 20.3 Å². The molecule has 9 heteroatoms. The van der Waals surface area contributed by atoms with Gasteiger partial charge < -0.3 is 19.7 Å². The zero-order valence-corrected chi connectivity index (χ0v) is 15.2. The van der Waals surface area contributed by atoms with Crippen molar-refractivity contribution in [3.8, 4) is 11.5 Å². The van der Waals surface area contributed by atoms with Gasteiger partial charge in [-0.1, -0.05) is 6.07 Å². The molecule has 2 bridgehead atoms. The SMILES string of the molecule is C[C@H]1CN2Cc3ccc(F)cc3OCCNC(=O)c3cnn4cc(c2nc34)O1. The first-order chi connectivity index (χ1) is 13.6. The van der Waals surface area contributed by atoms with Crippen molar-refractivity contribution in [2.24, 2.45) is 0 Å². The Balaban J connectivity index is 1.67. The number of nitrogens with zero attached hydrogens (tertiary/aromatic N) is 4. The molecule has 1 N–H and O–H groups in total. The van der Waals surface area contributed by atoms with Crippen LogP contribution in [0.2, 0.25) is 0 Å². The van der Waals surface area contributed by atoms with E-state index in [1.165, 1.54) is 18.3 Å². The number of hydrogen-bond acceptors (Lipinski definition) is 6. The van der Waals surface area contributed by atoms with Gasteiger partial charge in [0.2, 0.25) is 0 Å². The van der Waals surface area contributed by atoms with Crippen LogP contribution < -0.4 is 19.7 Å². The van der Waals surface area contributed by atoms with Crippen molar-refractivity contribution in [2.75, 3.05) is 24.6 Å². The summed E-state index contributed by atoms with van der Waals surface area (Å²) in [6.45, 7) is 3.55. The molecule has 0 saturated carbocycles. The van der Waals surface area contributed by atoms with E-state index in [1.54, 1.807) is 16.8 Å². The Hall–Kier alpha value is -3.36. The Kier molecular flexibility index (Phi) is 3.81. The monoisotopic (exact) mass is 383 g/mol. The molecule has 0 spiro atoms. The highest BCUT2D eigenvalue weighted by molar-refractivity contribution is 5.99. The van der Waals surface area contributed by atoms with Gasteiger partial charge in [-0.05, 0) is 13.0 Å². The van der Waals surface area contributed by atoms with Crippen LogP contribution in [-0.2, 0) is 6.54 Å². The normalized spacial score (nSPS) is 19.0. The number of aromatic nitrogens is 3. The number of rotatable bonds is 0. The molecule has 28 heavy (non-hydrogen) atoms. The number of amides is 1. The summed E-state index contributed by atoms with van der Waals surface area (Å²) in [6.07, 6.45) is 3.16. The lowest BCUT2D eigenvalue weighted by atomic mass is 10.1. The van der Waals surface area contributed by atoms with E-state index in [9.17, 15) is 9.18 Å². The van der Waals surface area contributed by atoms with Gasteiger partial charge in [0.25, 0.3) is 5.91 Å². The molecule has 2 aliphatic rings. The molecule has 0 radical (unpaired) electrons. The summed E-state index contributed by atoms with van der Waals surface area (Å²) in [6, 6.07) is 4.50. The third kappa shape index (κ3) is 2.79. The number of ether oxygens (including phenoxy) is 2. The van der Waals surface area contributed by atoms with Crippen LogP contribution in [0.1, 0.15) is 22.8 Å². The summed E-state index contributed by atoms with van der Waals surface area (Å²) < 4.78 is 27.0. The van der Waals surface area contributed by atoms with Crippen LogP contribution in [0.15, 0.2) is 30.6 Å². The van der Waals surface area contributed by atoms with Gasteiger partial charge in [0.15, 0.2) is 17.2 Å². The molecule has 1 atom stereocenters. The first kappa shape index (κ1) is 16.8. The summed E-state index contributed by atoms with van der Waals surface area (Å²) >= 11 is 0. The standard InChI is InChI=1S/C19H18FN5O3/c1-11-8-24-9-12-2-3-13(20)6-15(12)27-5-4-21-19(26)14-7-22-25-10-16(28-11)18(24)23-17(14)25/h2-3,6-7,10-11H,4-5,8-9H2,1H3,(H,21,26)/t11-/m0/s1. The first-order valence-electron chi connectivity index (χ1n) is 9.08. The minimum absolute atomic E-state index is 0.0643. The van der Waals surface area contributed by atoms with Crippen LogP contribution in [-0.4, -0.2) is 46.3 Å². The van der Waals surface area contributed by atoms with Gasteiger partial charge in [0.05, 0.1) is 25.5 Å². The molecule has 8 nitrogen and oxygen atoms in total. The number of nitrogens with one attached hydrogen (secondary N) is 1. The van der Waals surface area contributed by atoms with E-state index in [4.69, 9.17) is 9.47 Å².